The number of aromatic nitrogens is 3. The number of fused-ring (bicyclic) bond motifs is 1. The van der Waals surface area contributed by atoms with Crippen molar-refractivity contribution in [3.8, 4) is 11.1 Å². The topological polar surface area (TPSA) is 119 Å². The Hall–Kier alpha value is -4.04. The quantitative estimate of drug-likeness (QED) is 0.189. The van der Waals surface area contributed by atoms with Gasteiger partial charge in [-0.3, -0.25) is 15.8 Å². The predicted octanol–water partition coefficient (Wildman–Crippen LogP) is 3.51. The minimum atomic E-state index is -0.0397. The Bertz CT molecular complexity index is 1150. The molecule has 4 aromatic rings. The first kappa shape index (κ1) is 17.4. The van der Waals surface area contributed by atoms with E-state index in [4.69, 9.17) is 0 Å². The number of benzene rings is 2. The molecule has 138 valence electrons. The molecule has 28 heavy (non-hydrogen) atoms. The molecule has 0 spiro atoms. The third-order valence-corrected chi connectivity index (χ3v) is 4.22. The minimum absolute atomic E-state index is 0.0397. The Kier molecular flexibility index (Phi) is 4.77. The molecule has 0 aliphatic carbocycles. The van der Waals surface area contributed by atoms with Gasteiger partial charge in [0.1, 0.15) is 0 Å². The zero-order valence-electron chi connectivity index (χ0n) is 14.6. The van der Waals surface area contributed by atoms with Crippen molar-refractivity contribution in [1.29, 1.82) is 0 Å². The molecule has 0 unspecified atom stereocenters. The average Bonchev–Trinajstić information content (AvgIpc) is 3.18. The van der Waals surface area contributed by atoms with E-state index in [1.165, 1.54) is 0 Å². The third-order valence-electron chi connectivity index (χ3n) is 4.22. The highest BCUT2D eigenvalue weighted by molar-refractivity contribution is 6.47. The molecule has 8 nitrogen and oxygen atoms in total. The molecule has 2 aromatic heterocycles. The van der Waals surface area contributed by atoms with E-state index in [1.54, 1.807) is 30.5 Å². The first-order valence-corrected chi connectivity index (χ1v) is 8.47. The van der Waals surface area contributed by atoms with Gasteiger partial charge in [0.05, 0.1) is 5.39 Å². The van der Waals surface area contributed by atoms with E-state index in [2.05, 4.69) is 25.3 Å². The number of rotatable bonds is 4. The lowest BCUT2D eigenvalue weighted by atomic mass is 10.0. The molecule has 4 rings (SSSR count). The van der Waals surface area contributed by atoms with Crippen LogP contribution in [0.1, 0.15) is 5.56 Å². The molecule has 2 aromatic carbocycles. The molecular weight excluding hydrogens is 356 g/mol. The van der Waals surface area contributed by atoms with Gasteiger partial charge in [0.2, 0.25) is 0 Å². The standard InChI is InChI=1S/C20H16N6O2/c27-25-17(14-9-5-2-6-10-14)20(26-28)22-19-16-15(13-7-3-1-4-8-13)11-12-21-18(16)23-24-19/h1-12,27-28H,(H2,21,22,23,24,26). The van der Waals surface area contributed by atoms with Crippen LogP contribution in [-0.4, -0.2) is 37.1 Å². The summed E-state index contributed by atoms with van der Waals surface area (Å²) in [4.78, 5) is 8.68. The number of aromatic amines is 1. The van der Waals surface area contributed by atoms with Gasteiger partial charge < -0.3 is 5.21 Å². The normalized spacial score (nSPS) is 12.3. The molecule has 0 bridgehead atoms. The number of aliphatic imine (C=N–C) groups is 1. The smallest absolute Gasteiger partial charge is 0.183 e. The van der Waals surface area contributed by atoms with E-state index >= 15 is 0 Å². The molecule has 0 fully saturated rings. The van der Waals surface area contributed by atoms with Gasteiger partial charge in [0, 0.05) is 11.8 Å². The average molecular weight is 372 g/mol. The predicted molar refractivity (Wildman–Crippen MR) is 106 cm³/mol. The van der Waals surface area contributed by atoms with Crippen molar-refractivity contribution in [3.05, 3.63) is 78.5 Å². The summed E-state index contributed by atoms with van der Waals surface area (Å²) in [6, 6.07) is 20.5. The van der Waals surface area contributed by atoms with Gasteiger partial charge in [-0.2, -0.15) is 5.10 Å². The van der Waals surface area contributed by atoms with E-state index < -0.39 is 0 Å². The van der Waals surface area contributed by atoms with Crippen LogP contribution in [0, 0.1) is 0 Å². The number of nitrogens with zero attached hydrogens (tertiary/aromatic N) is 4. The number of hydroxylamine groups is 1. The second-order valence-electron chi connectivity index (χ2n) is 5.88. The van der Waals surface area contributed by atoms with Crippen molar-refractivity contribution in [3.63, 3.8) is 0 Å². The minimum Gasteiger partial charge on any atom is -0.410 e. The number of amidine groups is 1. The number of H-pyrrole nitrogens is 1. The van der Waals surface area contributed by atoms with E-state index in [-0.39, 0.29) is 11.5 Å². The van der Waals surface area contributed by atoms with Crippen molar-refractivity contribution in [1.82, 2.24) is 20.7 Å². The zero-order chi connectivity index (χ0) is 19.3. The summed E-state index contributed by atoms with van der Waals surface area (Å²) in [5, 5.41) is 30.1. The van der Waals surface area contributed by atoms with Gasteiger partial charge in [-0.1, -0.05) is 65.8 Å². The summed E-state index contributed by atoms with van der Waals surface area (Å²) >= 11 is 0. The van der Waals surface area contributed by atoms with Gasteiger partial charge in [-0.25, -0.2) is 9.98 Å². The molecule has 0 saturated carbocycles. The highest BCUT2D eigenvalue weighted by Gasteiger charge is 2.16. The van der Waals surface area contributed by atoms with E-state index in [9.17, 15) is 10.4 Å². The summed E-state index contributed by atoms with van der Waals surface area (Å²) in [5.41, 5.74) is 5.01. The summed E-state index contributed by atoms with van der Waals surface area (Å²) in [5.74, 6) is 0.331. The summed E-state index contributed by atoms with van der Waals surface area (Å²) in [7, 11) is 0. The summed E-state index contributed by atoms with van der Waals surface area (Å²) < 4.78 is 0. The largest absolute Gasteiger partial charge is 0.410 e. The van der Waals surface area contributed by atoms with Crippen LogP contribution in [0.5, 0.6) is 0 Å². The third kappa shape index (κ3) is 3.19. The molecule has 0 aliphatic rings. The van der Waals surface area contributed by atoms with Crippen molar-refractivity contribution in [2.45, 2.75) is 0 Å². The molecule has 0 radical (unpaired) electrons. The molecular formula is C20H16N6O2. The van der Waals surface area contributed by atoms with Gasteiger partial charge >= 0.3 is 0 Å². The number of pyridine rings is 1. The van der Waals surface area contributed by atoms with E-state index in [0.29, 0.717) is 22.4 Å². The first-order valence-electron chi connectivity index (χ1n) is 8.47. The van der Waals surface area contributed by atoms with Gasteiger partial charge in [-0.15, -0.1) is 0 Å². The Morgan fingerprint density at radius 2 is 1.68 bits per heavy atom. The Morgan fingerprint density at radius 1 is 0.964 bits per heavy atom. The second-order valence-corrected chi connectivity index (χ2v) is 5.88. The molecule has 0 aliphatic heterocycles. The van der Waals surface area contributed by atoms with E-state index in [0.717, 1.165) is 11.1 Å². The fraction of sp³-hybridized carbons (Fsp3) is 0. The first-order chi connectivity index (χ1) is 13.8. The number of oxime groups is 1. The van der Waals surface area contributed by atoms with Gasteiger partial charge in [0.15, 0.2) is 23.0 Å². The molecule has 4 N–H and O–H groups in total. The van der Waals surface area contributed by atoms with Crippen LogP contribution in [0.25, 0.3) is 22.2 Å². The van der Waals surface area contributed by atoms with Crippen LogP contribution in [0.15, 0.2) is 83.1 Å². The van der Waals surface area contributed by atoms with Crippen LogP contribution in [0.3, 0.4) is 0 Å². The molecule has 0 atom stereocenters. The zero-order valence-corrected chi connectivity index (χ0v) is 14.6. The van der Waals surface area contributed by atoms with Crippen LogP contribution in [-0.2, 0) is 0 Å². The van der Waals surface area contributed by atoms with Crippen LogP contribution >= 0.6 is 0 Å². The molecule has 8 heteroatoms. The van der Waals surface area contributed by atoms with E-state index in [1.807, 2.05) is 47.9 Å². The Labute approximate surface area is 159 Å². The fourth-order valence-electron chi connectivity index (χ4n) is 2.95. The fourth-order valence-corrected chi connectivity index (χ4v) is 2.95. The molecule has 0 saturated heterocycles. The van der Waals surface area contributed by atoms with Gasteiger partial charge in [0.25, 0.3) is 0 Å². The van der Waals surface area contributed by atoms with Crippen molar-refractivity contribution in [2.24, 2.45) is 10.1 Å². The van der Waals surface area contributed by atoms with Gasteiger partial charge in [-0.05, 0) is 17.2 Å². The highest BCUT2D eigenvalue weighted by atomic mass is 16.5. The Balaban J connectivity index is 1.87. The maximum Gasteiger partial charge on any atom is 0.183 e. The number of nitrogens with one attached hydrogen (secondary N) is 2. The molecule has 0 amide bonds. The van der Waals surface area contributed by atoms with Crippen molar-refractivity contribution in [2.75, 3.05) is 0 Å². The van der Waals surface area contributed by atoms with Crippen LogP contribution in [0.2, 0.25) is 0 Å². The maximum atomic E-state index is 9.62. The lowest BCUT2D eigenvalue weighted by molar-refractivity contribution is 0.236. The van der Waals surface area contributed by atoms with Crippen LogP contribution < -0.4 is 5.48 Å². The summed E-state index contributed by atoms with van der Waals surface area (Å²) in [6.07, 6.45) is 1.68. The lowest BCUT2D eigenvalue weighted by Crippen LogP contribution is -2.29. The van der Waals surface area contributed by atoms with Crippen molar-refractivity contribution >= 4 is 28.4 Å². The number of hydrogen-bond acceptors (Lipinski definition) is 6. The SMILES string of the molecule is ON=C(C(=Nc1[nH]nc2nccc(-c3ccccc3)c12)NO)c1ccccc1. The monoisotopic (exact) mass is 372 g/mol. The maximum absolute atomic E-state index is 9.62. The number of hydrogen-bond donors (Lipinski definition) is 4. The van der Waals surface area contributed by atoms with Crippen LogP contribution in [0.4, 0.5) is 5.82 Å². The summed E-state index contributed by atoms with van der Waals surface area (Å²) in [6.45, 7) is 0. The lowest BCUT2D eigenvalue weighted by Gasteiger charge is -2.07. The second kappa shape index (κ2) is 7.68. The molecule has 2 heterocycles. The highest BCUT2D eigenvalue weighted by Crippen LogP contribution is 2.32. The Morgan fingerprint density at radius 3 is 2.36 bits per heavy atom. The van der Waals surface area contributed by atoms with Crippen molar-refractivity contribution < 1.29 is 10.4 Å².